The fourth-order valence-corrected chi connectivity index (χ4v) is 3.60. The van der Waals surface area contributed by atoms with Crippen molar-refractivity contribution >= 4 is 28.3 Å². The van der Waals surface area contributed by atoms with Crippen LogP contribution in [0.5, 0.6) is 0 Å². The van der Waals surface area contributed by atoms with Gasteiger partial charge < -0.3 is 10.6 Å². The van der Waals surface area contributed by atoms with Gasteiger partial charge in [-0.3, -0.25) is 4.79 Å². The highest BCUT2D eigenvalue weighted by Gasteiger charge is 2.17. The van der Waals surface area contributed by atoms with E-state index in [4.69, 9.17) is 0 Å². The van der Waals surface area contributed by atoms with E-state index in [9.17, 15) is 4.79 Å². The molecular weight excluding hydrogens is 332 g/mol. The number of carbonyl (C=O) groups is 1. The lowest BCUT2D eigenvalue weighted by molar-refractivity contribution is -0.116. The van der Waals surface area contributed by atoms with Crippen LogP contribution in [0, 0.1) is 0 Å². The minimum Gasteiger partial charge on any atom is -0.354 e. The molecule has 1 atom stereocenters. The smallest absolute Gasteiger partial charge is 0.224 e. The number of aromatic nitrogens is 2. The number of nitrogens with one attached hydrogen (secondary N) is 2. The van der Waals surface area contributed by atoms with Gasteiger partial charge in [0, 0.05) is 29.2 Å². The van der Waals surface area contributed by atoms with Crippen LogP contribution in [-0.4, -0.2) is 15.3 Å². The van der Waals surface area contributed by atoms with E-state index in [1.165, 1.54) is 22.7 Å². The second-order valence-corrected chi connectivity index (χ2v) is 6.87. The lowest BCUT2D eigenvalue weighted by Crippen LogP contribution is -2.19. The average molecular weight is 350 g/mol. The molecule has 1 aliphatic heterocycles. The third-order valence-corrected chi connectivity index (χ3v) is 4.97. The lowest BCUT2D eigenvalue weighted by Gasteiger charge is -2.20. The molecule has 0 saturated carbocycles. The minimum atomic E-state index is 0.0914. The van der Waals surface area contributed by atoms with Crippen molar-refractivity contribution in [2.75, 3.05) is 10.6 Å². The maximum atomic E-state index is 11.5. The molecule has 0 radical (unpaired) electrons. The first-order chi connectivity index (χ1) is 12.2. The molecule has 0 spiro atoms. The standard InChI is InChI=1S/C19H18N4OS/c1-12(14-7-9-16-15(11-14)8-10-17(24)21-16)20-19-22-18(23-25-19)13-5-3-2-4-6-13/h2-7,9,11-12H,8,10H2,1H3,(H,21,24)(H,20,22,23). The van der Waals surface area contributed by atoms with Gasteiger partial charge in [-0.1, -0.05) is 42.5 Å². The summed E-state index contributed by atoms with van der Waals surface area (Å²) in [6, 6.07) is 16.3. The van der Waals surface area contributed by atoms with Crippen LogP contribution in [0.25, 0.3) is 11.4 Å². The Morgan fingerprint density at radius 3 is 2.84 bits per heavy atom. The van der Waals surface area contributed by atoms with E-state index >= 15 is 0 Å². The highest BCUT2D eigenvalue weighted by Crippen LogP contribution is 2.29. The molecule has 1 aromatic heterocycles. The number of hydrogen-bond acceptors (Lipinski definition) is 5. The molecule has 0 fully saturated rings. The van der Waals surface area contributed by atoms with Gasteiger partial charge >= 0.3 is 0 Å². The quantitative estimate of drug-likeness (QED) is 0.738. The van der Waals surface area contributed by atoms with Crippen LogP contribution in [0.4, 0.5) is 10.8 Å². The second kappa shape index (κ2) is 6.64. The van der Waals surface area contributed by atoms with Crippen molar-refractivity contribution in [1.82, 2.24) is 9.36 Å². The fraction of sp³-hybridized carbons (Fsp3) is 0.211. The number of fused-ring (bicyclic) bond motifs is 1. The summed E-state index contributed by atoms with van der Waals surface area (Å²) < 4.78 is 4.43. The summed E-state index contributed by atoms with van der Waals surface area (Å²) in [5.74, 6) is 0.835. The predicted molar refractivity (Wildman–Crippen MR) is 101 cm³/mol. The van der Waals surface area contributed by atoms with Crippen LogP contribution in [0.1, 0.15) is 30.5 Å². The Balaban J connectivity index is 1.50. The topological polar surface area (TPSA) is 66.9 Å². The van der Waals surface area contributed by atoms with E-state index < -0.39 is 0 Å². The Kier molecular flexibility index (Phi) is 4.19. The summed E-state index contributed by atoms with van der Waals surface area (Å²) in [6.07, 6.45) is 1.34. The average Bonchev–Trinajstić information content (AvgIpc) is 3.10. The number of hydrogen-bond donors (Lipinski definition) is 2. The van der Waals surface area contributed by atoms with Crippen molar-refractivity contribution in [3.63, 3.8) is 0 Å². The number of nitrogens with zero attached hydrogens (tertiary/aromatic N) is 2. The van der Waals surface area contributed by atoms with Gasteiger partial charge in [0.15, 0.2) is 5.82 Å². The van der Waals surface area contributed by atoms with Gasteiger partial charge in [-0.25, -0.2) is 0 Å². The van der Waals surface area contributed by atoms with Gasteiger partial charge in [-0.05, 0) is 30.5 Å². The maximum Gasteiger partial charge on any atom is 0.224 e. The van der Waals surface area contributed by atoms with Crippen molar-refractivity contribution < 1.29 is 4.79 Å². The maximum absolute atomic E-state index is 11.5. The zero-order chi connectivity index (χ0) is 17.2. The molecule has 3 aromatic rings. The van der Waals surface area contributed by atoms with Crippen LogP contribution in [0.15, 0.2) is 48.5 Å². The van der Waals surface area contributed by atoms with Gasteiger partial charge in [-0.15, -0.1) is 0 Å². The molecule has 2 heterocycles. The number of aryl methyl sites for hydroxylation is 1. The van der Waals surface area contributed by atoms with Crippen molar-refractivity contribution in [2.45, 2.75) is 25.8 Å². The largest absolute Gasteiger partial charge is 0.354 e. The first kappa shape index (κ1) is 15.8. The number of benzene rings is 2. The number of anilines is 2. The Bertz CT molecular complexity index is 907. The summed E-state index contributed by atoms with van der Waals surface area (Å²) in [7, 11) is 0. The van der Waals surface area contributed by atoms with Gasteiger partial charge in [-0.2, -0.15) is 9.36 Å². The van der Waals surface area contributed by atoms with Crippen molar-refractivity contribution in [1.29, 1.82) is 0 Å². The molecular formula is C19H18N4OS. The number of amides is 1. The minimum absolute atomic E-state index is 0.0914. The molecule has 25 heavy (non-hydrogen) atoms. The van der Waals surface area contributed by atoms with Crippen LogP contribution in [-0.2, 0) is 11.2 Å². The van der Waals surface area contributed by atoms with Gasteiger partial charge in [0.2, 0.25) is 11.0 Å². The summed E-state index contributed by atoms with van der Waals surface area (Å²) in [5.41, 5.74) is 4.30. The van der Waals surface area contributed by atoms with Crippen LogP contribution >= 0.6 is 11.5 Å². The normalized spacial score (nSPS) is 14.5. The van der Waals surface area contributed by atoms with E-state index in [2.05, 4.69) is 33.0 Å². The Morgan fingerprint density at radius 1 is 1.16 bits per heavy atom. The highest BCUT2D eigenvalue weighted by atomic mass is 32.1. The predicted octanol–water partition coefficient (Wildman–Crippen LogP) is 4.26. The SMILES string of the molecule is CC(Nc1nc(-c2ccccc2)ns1)c1ccc2c(c1)CCC(=O)N2. The van der Waals surface area contributed by atoms with E-state index in [-0.39, 0.29) is 11.9 Å². The van der Waals surface area contributed by atoms with Crippen LogP contribution in [0.3, 0.4) is 0 Å². The molecule has 0 saturated heterocycles. The molecule has 1 aliphatic rings. The summed E-state index contributed by atoms with van der Waals surface area (Å²) in [6.45, 7) is 2.10. The van der Waals surface area contributed by atoms with Gasteiger partial charge in [0.05, 0.1) is 6.04 Å². The highest BCUT2D eigenvalue weighted by molar-refractivity contribution is 7.09. The van der Waals surface area contributed by atoms with E-state index in [1.807, 2.05) is 42.5 Å². The molecule has 2 N–H and O–H groups in total. The first-order valence-electron chi connectivity index (χ1n) is 8.27. The molecule has 4 rings (SSSR count). The number of carbonyl (C=O) groups excluding carboxylic acids is 1. The zero-order valence-electron chi connectivity index (χ0n) is 13.8. The molecule has 0 bridgehead atoms. The zero-order valence-corrected chi connectivity index (χ0v) is 14.6. The first-order valence-corrected chi connectivity index (χ1v) is 9.05. The van der Waals surface area contributed by atoms with Crippen LogP contribution in [0.2, 0.25) is 0 Å². The summed E-state index contributed by atoms with van der Waals surface area (Å²) >= 11 is 1.37. The van der Waals surface area contributed by atoms with Crippen molar-refractivity contribution in [3.05, 3.63) is 59.7 Å². The third-order valence-electron chi connectivity index (χ3n) is 4.32. The van der Waals surface area contributed by atoms with Crippen LogP contribution < -0.4 is 10.6 Å². The molecule has 6 heteroatoms. The molecule has 126 valence electrons. The fourth-order valence-electron chi connectivity index (χ4n) is 2.93. The molecule has 0 aliphatic carbocycles. The molecule has 1 amide bonds. The van der Waals surface area contributed by atoms with Gasteiger partial charge in [0.25, 0.3) is 0 Å². The Morgan fingerprint density at radius 2 is 2.00 bits per heavy atom. The molecule has 2 aromatic carbocycles. The van der Waals surface area contributed by atoms with E-state index in [0.717, 1.165) is 28.6 Å². The Hall–Kier alpha value is -2.73. The molecule has 5 nitrogen and oxygen atoms in total. The Labute approximate surface area is 150 Å². The molecule has 1 unspecified atom stereocenters. The number of rotatable bonds is 4. The van der Waals surface area contributed by atoms with Crippen molar-refractivity contribution in [3.8, 4) is 11.4 Å². The second-order valence-electron chi connectivity index (χ2n) is 6.12. The van der Waals surface area contributed by atoms with Gasteiger partial charge in [0.1, 0.15) is 0 Å². The summed E-state index contributed by atoms with van der Waals surface area (Å²) in [4.78, 5) is 16.1. The monoisotopic (exact) mass is 350 g/mol. The third kappa shape index (κ3) is 3.39. The van der Waals surface area contributed by atoms with E-state index in [1.54, 1.807) is 0 Å². The van der Waals surface area contributed by atoms with E-state index in [0.29, 0.717) is 6.42 Å². The van der Waals surface area contributed by atoms with Crippen molar-refractivity contribution in [2.24, 2.45) is 0 Å². The summed E-state index contributed by atoms with van der Waals surface area (Å²) in [5, 5.41) is 7.14. The lowest BCUT2D eigenvalue weighted by atomic mass is 9.98.